The number of anilines is 1. The van der Waals surface area contributed by atoms with Gasteiger partial charge in [0.2, 0.25) is 0 Å². The molecule has 0 bridgehead atoms. The number of nitrogens with two attached hydrogens (primary N) is 1. The first-order valence-electron chi connectivity index (χ1n) is 6.49. The molecule has 6 heteroatoms. The van der Waals surface area contributed by atoms with E-state index in [0.717, 1.165) is 15.9 Å². The van der Waals surface area contributed by atoms with E-state index in [2.05, 4.69) is 32.8 Å². The molecule has 0 spiro atoms. The molecule has 4 nitrogen and oxygen atoms in total. The summed E-state index contributed by atoms with van der Waals surface area (Å²) in [4.78, 5) is 10.9. The fourth-order valence-corrected chi connectivity index (χ4v) is 3.03. The average molecular weight is 366 g/mol. The standard InChI is InChI=1S/C15H14BrClN4/c1-15(13-4-2-3-7-19-13)9-20-14(18)21(15)10-5-6-12(17)11(16)8-10/h2-8H,9H2,1H3,(H2,18,20). The topological polar surface area (TPSA) is 54.5 Å². The van der Waals surface area contributed by atoms with Crippen LogP contribution in [0.4, 0.5) is 5.69 Å². The molecule has 1 aliphatic heterocycles. The maximum absolute atomic E-state index is 6.11. The number of benzene rings is 1. The van der Waals surface area contributed by atoms with E-state index in [9.17, 15) is 0 Å². The van der Waals surface area contributed by atoms with Gasteiger partial charge in [-0.15, -0.1) is 0 Å². The summed E-state index contributed by atoms with van der Waals surface area (Å²) in [7, 11) is 0. The summed E-state index contributed by atoms with van der Waals surface area (Å²) in [6.07, 6.45) is 1.78. The average Bonchev–Trinajstić information content (AvgIpc) is 2.80. The van der Waals surface area contributed by atoms with Gasteiger partial charge in [0, 0.05) is 16.4 Å². The molecule has 1 atom stereocenters. The summed E-state index contributed by atoms with van der Waals surface area (Å²) in [5, 5.41) is 0.660. The summed E-state index contributed by atoms with van der Waals surface area (Å²) in [6.45, 7) is 2.65. The van der Waals surface area contributed by atoms with Crippen LogP contribution in [0.25, 0.3) is 0 Å². The lowest BCUT2D eigenvalue weighted by atomic mass is 9.95. The molecule has 1 unspecified atom stereocenters. The Morgan fingerprint density at radius 2 is 2.14 bits per heavy atom. The van der Waals surface area contributed by atoms with Gasteiger partial charge in [-0.25, -0.2) is 0 Å². The van der Waals surface area contributed by atoms with E-state index in [1.54, 1.807) is 6.20 Å². The third kappa shape index (κ3) is 2.40. The van der Waals surface area contributed by atoms with Crippen molar-refractivity contribution in [1.82, 2.24) is 4.98 Å². The van der Waals surface area contributed by atoms with Gasteiger partial charge < -0.3 is 5.73 Å². The highest BCUT2D eigenvalue weighted by Gasteiger charge is 2.41. The van der Waals surface area contributed by atoms with Crippen molar-refractivity contribution >= 4 is 39.2 Å². The third-order valence-corrected chi connectivity index (χ3v) is 4.86. The Kier molecular flexibility index (Phi) is 3.63. The normalized spacial score (nSPS) is 21.5. The van der Waals surface area contributed by atoms with Crippen molar-refractivity contribution < 1.29 is 0 Å². The minimum Gasteiger partial charge on any atom is -0.369 e. The first-order valence-corrected chi connectivity index (χ1v) is 7.66. The van der Waals surface area contributed by atoms with Gasteiger partial charge in [0.05, 0.1) is 17.3 Å². The van der Waals surface area contributed by atoms with Crippen molar-refractivity contribution in [2.45, 2.75) is 12.5 Å². The molecule has 1 aromatic heterocycles. The Bertz CT molecular complexity index is 704. The van der Waals surface area contributed by atoms with Crippen molar-refractivity contribution in [3.8, 4) is 0 Å². The van der Waals surface area contributed by atoms with Gasteiger partial charge in [-0.05, 0) is 53.2 Å². The van der Waals surface area contributed by atoms with Gasteiger partial charge in [0.15, 0.2) is 5.96 Å². The Hall–Kier alpha value is -1.59. The summed E-state index contributed by atoms with van der Waals surface area (Å²) in [5.41, 5.74) is 7.57. The molecule has 1 aromatic carbocycles. The number of pyridine rings is 1. The van der Waals surface area contributed by atoms with Crippen LogP contribution >= 0.6 is 27.5 Å². The van der Waals surface area contributed by atoms with E-state index in [0.29, 0.717) is 17.5 Å². The summed E-state index contributed by atoms with van der Waals surface area (Å²) in [5.74, 6) is 0.484. The molecule has 1 aliphatic rings. The van der Waals surface area contributed by atoms with Crippen molar-refractivity contribution in [3.63, 3.8) is 0 Å². The maximum Gasteiger partial charge on any atom is 0.196 e. The smallest absolute Gasteiger partial charge is 0.196 e. The second kappa shape index (κ2) is 5.31. The van der Waals surface area contributed by atoms with Gasteiger partial charge in [-0.3, -0.25) is 14.9 Å². The van der Waals surface area contributed by atoms with Crippen LogP contribution in [0.1, 0.15) is 12.6 Å². The molecule has 108 valence electrons. The number of hydrogen-bond acceptors (Lipinski definition) is 4. The third-order valence-electron chi connectivity index (χ3n) is 3.65. The summed E-state index contributed by atoms with van der Waals surface area (Å²) in [6, 6.07) is 11.6. The predicted octanol–water partition coefficient (Wildman–Crippen LogP) is 3.55. The second-order valence-corrected chi connectivity index (χ2v) is 6.36. The highest BCUT2D eigenvalue weighted by molar-refractivity contribution is 9.10. The van der Waals surface area contributed by atoms with Crippen molar-refractivity contribution in [1.29, 1.82) is 0 Å². The number of aromatic nitrogens is 1. The van der Waals surface area contributed by atoms with Crippen LogP contribution < -0.4 is 10.6 Å². The lowest BCUT2D eigenvalue weighted by Crippen LogP contribution is -2.48. The molecule has 0 amide bonds. The molecule has 2 aromatic rings. The van der Waals surface area contributed by atoms with Crippen molar-refractivity contribution in [2.24, 2.45) is 10.7 Å². The second-order valence-electron chi connectivity index (χ2n) is 5.10. The summed E-state index contributed by atoms with van der Waals surface area (Å²) >= 11 is 9.52. The molecular weight excluding hydrogens is 352 g/mol. The van der Waals surface area contributed by atoms with Crippen LogP contribution in [0.3, 0.4) is 0 Å². The molecule has 0 radical (unpaired) electrons. The Morgan fingerprint density at radius 3 is 2.81 bits per heavy atom. The number of hydrogen-bond donors (Lipinski definition) is 1. The first-order chi connectivity index (χ1) is 10.0. The maximum atomic E-state index is 6.11. The SMILES string of the molecule is CC1(c2ccccn2)CN=C(N)N1c1ccc(Cl)c(Br)c1. The van der Waals surface area contributed by atoms with Crippen LogP contribution in [0.2, 0.25) is 5.02 Å². The number of guanidine groups is 1. The largest absolute Gasteiger partial charge is 0.369 e. The van der Waals surface area contributed by atoms with Crippen molar-refractivity contribution in [2.75, 3.05) is 11.4 Å². The van der Waals surface area contributed by atoms with E-state index in [1.165, 1.54) is 0 Å². The lowest BCUT2D eigenvalue weighted by molar-refractivity contribution is 0.516. The van der Waals surface area contributed by atoms with E-state index < -0.39 is 5.54 Å². The molecule has 0 fully saturated rings. The van der Waals surface area contributed by atoms with E-state index in [4.69, 9.17) is 17.3 Å². The summed E-state index contributed by atoms with van der Waals surface area (Å²) < 4.78 is 0.824. The quantitative estimate of drug-likeness (QED) is 0.885. The zero-order valence-corrected chi connectivity index (χ0v) is 13.8. The van der Waals surface area contributed by atoms with Crippen LogP contribution in [0.5, 0.6) is 0 Å². The Labute approximate surface area is 136 Å². The molecule has 0 saturated heterocycles. The number of aliphatic imine (C=N–C) groups is 1. The highest BCUT2D eigenvalue weighted by Crippen LogP contribution is 2.37. The van der Waals surface area contributed by atoms with Gasteiger partial charge >= 0.3 is 0 Å². The minimum atomic E-state index is -0.404. The van der Waals surface area contributed by atoms with Crippen LogP contribution in [0, 0.1) is 0 Å². The van der Waals surface area contributed by atoms with Gasteiger partial charge in [-0.2, -0.15) is 0 Å². The molecule has 21 heavy (non-hydrogen) atoms. The van der Waals surface area contributed by atoms with Crippen LogP contribution in [0.15, 0.2) is 52.1 Å². The number of halogens is 2. The Morgan fingerprint density at radius 1 is 1.33 bits per heavy atom. The predicted molar refractivity (Wildman–Crippen MR) is 89.7 cm³/mol. The van der Waals surface area contributed by atoms with Crippen LogP contribution in [-0.4, -0.2) is 17.5 Å². The van der Waals surface area contributed by atoms with Gasteiger partial charge in [0.25, 0.3) is 0 Å². The van der Waals surface area contributed by atoms with E-state index in [-0.39, 0.29) is 0 Å². The fraction of sp³-hybridized carbons (Fsp3) is 0.200. The fourth-order valence-electron chi connectivity index (χ4n) is 2.55. The highest BCUT2D eigenvalue weighted by atomic mass is 79.9. The monoisotopic (exact) mass is 364 g/mol. The molecule has 0 aliphatic carbocycles. The van der Waals surface area contributed by atoms with Gasteiger partial charge in [0.1, 0.15) is 5.54 Å². The van der Waals surface area contributed by atoms with Crippen LogP contribution in [-0.2, 0) is 5.54 Å². The molecular formula is C15H14BrClN4. The zero-order valence-electron chi connectivity index (χ0n) is 11.4. The van der Waals surface area contributed by atoms with Crippen molar-refractivity contribution in [3.05, 3.63) is 57.8 Å². The zero-order chi connectivity index (χ0) is 15.0. The number of nitrogens with zero attached hydrogens (tertiary/aromatic N) is 3. The van der Waals surface area contributed by atoms with E-state index >= 15 is 0 Å². The lowest BCUT2D eigenvalue weighted by Gasteiger charge is -2.35. The molecule has 2 N–H and O–H groups in total. The molecule has 2 heterocycles. The van der Waals surface area contributed by atoms with Gasteiger partial charge in [-0.1, -0.05) is 17.7 Å². The molecule has 0 saturated carbocycles. The number of rotatable bonds is 2. The first kappa shape index (κ1) is 14.4. The minimum absolute atomic E-state index is 0.404. The Balaban J connectivity index is 2.09. The molecule has 3 rings (SSSR count). The van der Waals surface area contributed by atoms with E-state index in [1.807, 2.05) is 41.3 Å².